The Morgan fingerprint density at radius 1 is 1.14 bits per heavy atom. The van der Waals surface area contributed by atoms with Crippen molar-refractivity contribution in [1.29, 1.82) is 0 Å². The minimum Gasteiger partial charge on any atom is -0.497 e. The van der Waals surface area contributed by atoms with E-state index in [1.807, 2.05) is 12.1 Å². The number of methoxy groups -OCH3 is 1. The first kappa shape index (κ1) is 12.5. The monoisotopic (exact) mass is 277 g/mol. The SMILES string of the molecule is COc1ccc2c(ccn2-c2ccc3c(c2)B(O)CC3)c1. The molecule has 0 unspecified atom stereocenters. The zero-order valence-electron chi connectivity index (χ0n) is 11.9. The molecule has 0 amide bonds. The van der Waals surface area contributed by atoms with Crippen LogP contribution in [0, 0.1) is 0 Å². The van der Waals surface area contributed by atoms with Gasteiger partial charge >= 0.3 is 6.92 Å². The fourth-order valence-electron chi connectivity index (χ4n) is 3.19. The molecule has 0 bridgehead atoms. The van der Waals surface area contributed by atoms with Gasteiger partial charge < -0.3 is 14.3 Å². The summed E-state index contributed by atoms with van der Waals surface area (Å²) in [4.78, 5) is 0. The summed E-state index contributed by atoms with van der Waals surface area (Å²) in [5.74, 6) is 0.865. The van der Waals surface area contributed by atoms with Crippen LogP contribution in [-0.2, 0) is 6.42 Å². The van der Waals surface area contributed by atoms with Gasteiger partial charge in [-0.2, -0.15) is 0 Å². The van der Waals surface area contributed by atoms with Crippen LogP contribution in [0.2, 0.25) is 6.32 Å². The first-order valence-electron chi connectivity index (χ1n) is 7.22. The lowest BCUT2D eigenvalue weighted by Crippen LogP contribution is -2.26. The summed E-state index contributed by atoms with van der Waals surface area (Å²) in [7, 11) is 1.68. The summed E-state index contributed by atoms with van der Waals surface area (Å²) in [5, 5.41) is 11.2. The molecule has 0 aliphatic carbocycles. The molecule has 1 aliphatic heterocycles. The molecule has 2 heterocycles. The van der Waals surface area contributed by atoms with Crippen LogP contribution in [0.15, 0.2) is 48.7 Å². The Bertz CT molecular complexity index is 825. The maximum atomic E-state index is 10.1. The zero-order chi connectivity index (χ0) is 14.4. The molecule has 0 fully saturated rings. The molecule has 3 nitrogen and oxygen atoms in total. The lowest BCUT2D eigenvalue weighted by molar-refractivity contribution is 0.415. The fourth-order valence-corrected chi connectivity index (χ4v) is 3.19. The van der Waals surface area contributed by atoms with Crippen LogP contribution < -0.4 is 10.2 Å². The van der Waals surface area contributed by atoms with Crippen molar-refractivity contribution in [3.63, 3.8) is 0 Å². The number of aryl methyl sites for hydroxylation is 1. The predicted molar refractivity (Wildman–Crippen MR) is 85.9 cm³/mol. The topological polar surface area (TPSA) is 34.4 Å². The van der Waals surface area contributed by atoms with Gasteiger partial charge in [0, 0.05) is 17.3 Å². The Balaban J connectivity index is 1.85. The van der Waals surface area contributed by atoms with Crippen molar-refractivity contribution in [2.75, 3.05) is 7.11 Å². The molecular formula is C17H16BNO2. The second kappa shape index (κ2) is 4.67. The van der Waals surface area contributed by atoms with E-state index in [-0.39, 0.29) is 6.92 Å². The van der Waals surface area contributed by atoms with Gasteiger partial charge in [0.1, 0.15) is 5.75 Å². The fraction of sp³-hybridized carbons (Fsp3) is 0.176. The summed E-state index contributed by atoms with van der Waals surface area (Å²) < 4.78 is 7.42. The molecule has 4 heteroatoms. The van der Waals surface area contributed by atoms with E-state index in [4.69, 9.17) is 4.74 Å². The molecule has 0 radical (unpaired) electrons. The molecule has 21 heavy (non-hydrogen) atoms. The van der Waals surface area contributed by atoms with Crippen molar-refractivity contribution in [3.05, 3.63) is 54.2 Å². The van der Waals surface area contributed by atoms with Crippen molar-refractivity contribution in [2.45, 2.75) is 12.7 Å². The van der Waals surface area contributed by atoms with E-state index in [1.165, 1.54) is 5.56 Å². The number of hydrogen-bond donors (Lipinski definition) is 1. The predicted octanol–water partition coefficient (Wildman–Crippen LogP) is 2.39. The average molecular weight is 277 g/mol. The average Bonchev–Trinajstić information content (AvgIpc) is 3.10. The van der Waals surface area contributed by atoms with Gasteiger partial charge in [0.15, 0.2) is 0 Å². The molecule has 3 aromatic rings. The molecule has 0 saturated heterocycles. The largest absolute Gasteiger partial charge is 0.497 e. The minimum absolute atomic E-state index is 0.318. The van der Waals surface area contributed by atoms with Gasteiger partial charge in [-0.3, -0.25) is 0 Å². The maximum Gasteiger partial charge on any atom is 0.324 e. The Hall–Kier alpha value is -2.20. The van der Waals surface area contributed by atoms with Gasteiger partial charge in [-0.15, -0.1) is 0 Å². The number of aromatic nitrogens is 1. The van der Waals surface area contributed by atoms with Crippen molar-refractivity contribution in [1.82, 2.24) is 4.57 Å². The van der Waals surface area contributed by atoms with E-state index in [9.17, 15) is 5.02 Å². The van der Waals surface area contributed by atoms with E-state index in [1.54, 1.807) is 7.11 Å². The smallest absolute Gasteiger partial charge is 0.324 e. The van der Waals surface area contributed by atoms with Crippen molar-refractivity contribution >= 4 is 23.3 Å². The lowest BCUT2D eigenvalue weighted by Gasteiger charge is -2.09. The molecule has 4 rings (SSSR count). The second-order valence-corrected chi connectivity index (χ2v) is 5.55. The van der Waals surface area contributed by atoms with Crippen LogP contribution in [0.25, 0.3) is 16.6 Å². The van der Waals surface area contributed by atoms with E-state index < -0.39 is 0 Å². The van der Waals surface area contributed by atoms with Crippen LogP contribution in [0.1, 0.15) is 5.56 Å². The lowest BCUT2D eigenvalue weighted by atomic mass is 9.63. The zero-order valence-corrected chi connectivity index (χ0v) is 11.9. The number of rotatable bonds is 2. The van der Waals surface area contributed by atoms with Gasteiger partial charge in [0.2, 0.25) is 0 Å². The normalized spacial score (nSPS) is 13.7. The van der Waals surface area contributed by atoms with Gasteiger partial charge in [-0.25, -0.2) is 0 Å². The highest BCUT2D eigenvalue weighted by molar-refractivity contribution is 6.68. The van der Waals surface area contributed by atoms with Gasteiger partial charge in [0.25, 0.3) is 0 Å². The summed E-state index contributed by atoms with van der Waals surface area (Å²) >= 11 is 0. The molecule has 0 spiro atoms. The molecule has 1 aliphatic rings. The second-order valence-electron chi connectivity index (χ2n) is 5.55. The number of fused-ring (bicyclic) bond motifs is 2. The third-order valence-corrected chi connectivity index (χ3v) is 4.35. The highest BCUT2D eigenvalue weighted by Crippen LogP contribution is 2.25. The highest BCUT2D eigenvalue weighted by Gasteiger charge is 2.25. The number of nitrogens with zero attached hydrogens (tertiary/aromatic N) is 1. The Labute approximate surface area is 123 Å². The van der Waals surface area contributed by atoms with Crippen LogP contribution in [0.4, 0.5) is 0 Å². The third-order valence-electron chi connectivity index (χ3n) is 4.35. The third kappa shape index (κ3) is 1.95. The minimum atomic E-state index is -0.318. The van der Waals surface area contributed by atoms with E-state index in [0.29, 0.717) is 0 Å². The molecule has 0 saturated carbocycles. The number of ether oxygens (including phenoxy) is 1. The first-order chi connectivity index (χ1) is 10.3. The number of hydrogen-bond acceptors (Lipinski definition) is 2. The van der Waals surface area contributed by atoms with Crippen LogP contribution in [0.5, 0.6) is 5.75 Å². The molecule has 2 aromatic carbocycles. The molecule has 1 N–H and O–H groups in total. The summed E-state index contributed by atoms with van der Waals surface area (Å²) in [5.41, 5.74) is 4.57. The van der Waals surface area contributed by atoms with Gasteiger partial charge in [0.05, 0.1) is 12.6 Å². The van der Waals surface area contributed by atoms with Crippen molar-refractivity contribution in [3.8, 4) is 11.4 Å². The Kier molecular flexibility index (Phi) is 2.79. The first-order valence-corrected chi connectivity index (χ1v) is 7.22. The van der Waals surface area contributed by atoms with Gasteiger partial charge in [-0.05, 0) is 54.6 Å². The van der Waals surface area contributed by atoms with Crippen LogP contribution in [-0.4, -0.2) is 23.6 Å². The standard InChI is InChI=1S/C17H16BNO2/c1-21-15-4-5-17-13(10-15)7-9-19(17)14-3-2-12-6-8-18(20)16(12)11-14/h2-5,7,9-11,20H,6,8H2,1H3. The molecule has 104 valence electrons. The summed E-state index contributed by atoms with van der Waals surface area (Å²) in [6, 6.07) is 14.5. The van der Waals surface area contributed by atoms with Gasteiger partial charge in [-0.1, -0.05) is 11.6 Å². The molecule has 0 atom stereocenters. The van der Waals surface area contributed by atoms with E-state index in [2.05, 4.69) is 41.1 Å². The van der Waals surface area contributed by atoms with Crippen LogP contribution >= 0.6 is 0 Å². The van der Waals surface area contributed by atoms with E-state index in [0.717, 1.165) is 40.5 Å². The molecule has 1 aromatic heterocycles. The number of benzene rings is 2. The quantitative estimate of drug-likeness (QED) is 0.730. The summed E-state index contributed by atoms with van der Waals surface area (Å²) in [6.07, 6.45) is 3.87. The molecular weight excluding hydrogens is 261 g/mol. The van der Waals surface area contributed by atoms with Crippen molar-refractivity contribution in [2.24, 2.45) is 0 Å². The van der Waals surface area contributed by atoms with Crippen LogP contribution in [0.3, 0.4) is 0 Å². The highest BCUT2D eigenvalue weighted by atomic mass is 16.5. The maximum absolute atomic E-state index is 10.1. The Morgan fingerprint density at radius 2 is 2.05 bits per heavy atom. The van der Waals surface area contributed by atoms with Crippen molar-refractivity contribution < 1.29 is 9.76 Å². The summed E-state index contributed by atoms with van der Waals surface area (Å²) in [6.45, 7) is -0.318. The Morgan fingerprint density at radius 3 is 2.90 bits per heavy atom. The van der Waals surface area contributed by atoms with E-state index >= 15 is 0 Å².